The standard InChI is InChI=1S/C31H26FNO2/c32-24-13-11-21(12-14-24)29-30-25(15-22(17-27(30)34)19-7-3-1-4-8-19)33-26-16-23(18-28(35)31(26)29)20-9-5-2-6-10-20/h1-14,22-23,29,33H,15-18H2/t22-,23-/m0/s1. The average Bonchev–Trinajstić information content (AvgIpc) is 2.89. The van der Waals surface area contributed by atoms with Crippen molar-refractivity contribution >= 4 is 11.6 Å². The Kier molecular flexibility index (Phi) is 5.44. The zero-order chi connectivity index (χ0) is 23.9. The zero-order valence-corrected chi connectivity index (χ0v) is 19.3. The van der Waals surface area contributed by atoms with Crippen molar-refractivity contribution in [1.82, 2.24) is 5.32 Å². The van der Waals surface area contributed by atoms with Gasteiger partial charge in [0.2, 0.25) is 0 Å². The number of dihydropyridines is 1. The normalized spacial score (nSPS) is 22.5. The number of rotatable bonds is 3. The van der Waals surface area contributed by atoms with Crippen molar-refractivity contribution in [3.63, 3.8) is 0 Å². The lowest BCUT2D eigenvalue weighted by Gasteiger charge is -2.40. The van der Waals surface area contributed by atoms with Crippen LogP contribution in [0.5, 0.6) is 0 Å². The number of nitrogens with one attached hydrogen (secondary N) is 1. The first kappa shape index (κ1) is 21.7. The van der Waals surface area contributed by atoms with Gasteiger partial charge in [-0.3, -0.25) is 9.59 Å². The van der Waals surface area contributed by atoms with Crippen LogP contribution in [0.3, 0.4) is 0 Å². The number of carbonyl (C=O) groups is 2. The third kappa shape index (κ3) is 3.93. The number of hydrogen-bond acceptors (Lipinski definition) is 3. The molecule has 2 aliphatic carbocycles. The summed E-state index contributed by atoms with van der Waals surface area (Å²) >= 11 is 0. The van der Waals surface area contributed by atoms with E-state index in [0.29, 0.717) is 36.8 Å². The molecule has 3 aromatic rings. The van der Waals surface area contributed by atoms with Gasteiger partial charge in [-0.15, -0.1) is 0 Å². The van der Waals surface area contributed by atoms with Crippen LogP contribution in [-0.2, 0) is 9.59 Å². The molecule has 174 valence electrons. The van der Waals surface area contributed by atoms with Gasteiger partial charge in [0, 0.05) is 41.3 Å². The molecule has 1 N–H and O–H groups in total. The van der Waals surface area contributed by atoms with Crippen LogP contribution in [-0.4, -0.2) is 11.6 Å². The minimum Gasteiger partial charge on any atom is -0.362 e. The van der Waals surface area contributed by atoms with E-state index >= 15 is 0 Å². The third-order valence-electron chi connectivity index (χ3n) is 7.64. The van der Waals surface area contributed by atoms with Crippen LogP contribution in [0.25, 0.3) is 0 Å². The highest BCUT2D eigenvalue weighted by Crippen LogP contribution is 2.49. The van der Waals surface area contributed by atoms with Crippen molar-refractivity contribution in [3.8, 4) is 0 Å². The SMILES string of the molecule is O=C1C[C@@H](c2ccccc2)CC2=C1C(c1ccc(F)cc1)C1=C(C[C@H](c3ccccc3)CC1=O)N2. The molecule has 1 heterocycles. The molecule has 0 saturated heterocycles. The van der Waals surface area contributed by atoms with E-state index in [0.717, 1.165) is 28.1 Å². The molecular weight excluding hydrogens is 437 g/mol. The smallest absolute Gasteiger partial charge is 0.162 e. The van der Waals surface area contributed by atoms with Gasteiger partial charge >= 0.3 is 0 Å². The summed E-state index contributed by atoms with van der Waals surface area (Å²) in [7, 11) is 0. The van der Waals surface area contributed by atoms with E-state index in [1.807, 2.05) is 36.4 Å². The van der Waals surface area contributed by atoms with E-state index in [9.17, 15) is 14.0 Å². The van der Waals surface area contributed by atoms with Crippen LogP contribution in [0.15, 0.2) is 107 Å². The maximum atomic E-state index is 13.8. The number of ketones is 2. The number of Topliss-reactive ketones (excluding diaryl/α,β-unsaturated/α-hetero) is 2. The van der Waals surface area contributed by atoms with Gasteiger partial charge in [-0.1, -0.05) is 72.8 Å². The lowest BCUT2D eigenvalue weighted by molar-refractivity contribution is -0.117. The number of carbonyl (C=O) groups excluding carboxylic acids is 2. The highest BCUT2D eigenvalue weighted by atomic mass is 19.1. The van der Waals surface area contributed by atoms with Crippen molar-refractivity contribution < 1.29 is 14.0 Å². The maximum Gasteiger partial charge on any atom is 0.162 e. The largest absolute Gasteiger partial charge is 0.362 e. The van der Waals surface area contributed by atoms with E-state index in [4.69, 9.17) is 0 Å². The van der Waals surface area contributed by atoms with Crippen LogP contribution < -0.4 is 5.32 Å². The summed E-state index contributed by atoms with van der Waals surface area (Å²) in [6.45, 7) is 0. The molecule has 0 radical (unpaired) electrons. The van der Waals surface area contributed by atoms with Gasteiger partial charge < -0.3 is 5.32 Å². The Balaban J connectivity index is 1.44. The van der Waals surface area contributed by atoms with Gasteiger partial charge in [-0.05, 0) is 53.5 Å². The van der Waals surface area contributed by atoms with E-state index in [1.54, 1.807) is 12.1 Å². The Morgan fingerprint density at radius 2 is 1.03 bits per heavy atom. The number of benzene rings is 3. The molecular formula is C31H26FNO2. The van der Waals surface area contributed by atoms with Crippen molar-refractivity contribution in [2.45, 2.75) is 43.4 Å². The van der Waals surface area contributed by atoms with Crippen molar-refractivity contribution in [2.75, 3.05) is 0 Å². The summed E-state index contributed by atoms with van der Waals surface area (Å²) < 4.78 is 13.8. The molecule has 0 bridgehead atoms. The van der Waals surface area contributed by atoms with Gasteiger partial charge in [0.25, 0.3) is 0 Å². The monoisotopic (exact) mass is 463 g/mol. The molecule has 35 heavy (non-hydrogen) atoms. The Morgan fingerprint density at radius 1 is 0.571 bits per heavy atom. The summed E-state index contributed by atoms with van der Waals surface area (Å²) in [5, 5.41) is 3.57. The molecule has 3 aliphatic rings. The first-order valence-corrected chi connectivity index (χ1v) is 12.2. The van der Waals surface area contributed by atoms with Crippen molar-refractivity contribution in [3.05, 3.63) is 130 Å². The topological polar surface area (TPSA) is 46.2 Å². The summed E-state index contributed by atoms with van der Waals surface area (Å²) in [6, 6.07) is 26.5. The molecule has 0 unspecified atom stereocenters. The molecule has 4 heteroatoms. The van der Waals surface area contributed by atoms with Gasteiger partial charge in [-0.2, -0.15) is 0 Å². The second-order valence-electron chi connectivity index (χ2n) is 9.77. The number of halogens is 1. The minimum atomic E-state index is -0.449. The Morgan fingerprint density at radius 3 is 1.49 bits per heavy atom. The van der Waals surface area contributed by atoms with E-state index in [-0.39, 0.29) is 29.2 Å². The maximum absolute atomic E-state index is 13.8. The van der Waals surface area contributed by atoms with E-state index < -0.39 is 5.92 Å². The molecule has 6 rings (SSSR count). The predicted octanol–water partition coefficient (Wildman–Crippen LogP) is 6.31. The lowest BCUT2D eigenvalue weighted by atomic mass is 9.67. The van der Waals surface area contributed by atoms with Crippen molar-refractivity contribution in [1.29, 1.82) is 0 Å². The zero-order valence-electron chi connectivity index (χ0n) is 19.3. The van der Waals surface area contributed by atoms with Crippen LogP contribution in [0.1, 0.15) is 60.1 Å². The van der Waals surface area contributed by atoms with Gasteiger partial charge in [0.1, 0.15) is 5.82 Å². The molecule has 0 amide bonds. The molecule has 0 saturated carbocycles. The first-order valence-electron chi connectivity index (χ1n) is 12.2. The molecule has 0 spiro atoms. The van der Waals surface area contributed by atoms with Gasteiger partial charge in [0.15, 0.2) is 11.6 Å². The fraction of sp³-hybridized carbons (Fsp3) is 0.226. The highest BCUT2D eigenvalue weighted by molar-refractivity contribution is 6.07. The lowest BCUT2D eigenvalue weighted by Crippen LogP contribution is -2.38. The summed E-state index contributed by atoms with van der Waals surface area (Å²) in [5.74, 6) is -0.470. The van der Waals surface area contributed by atoms with Crippen molar-refractivity contribution in [2.24, 2.45) is 0 Å². The molecule has 3 nitrogen and oxygen atoms in total. The molecule has 0 aromatic heterocycles. The first-order chi connectivity index (χ1) is 17.1. The summed E-state index contributed by atoms with van der Waals surface area (Å²) in [4.78, 5) is 27.2. The fourth-order valence-electron chi connectivity index (χ4n) is 6.01. The summed E-state index contributed by atoms with van der Waals surface area (Å²) in [6.07, 6.45) is 2.24. The number of allylic oxidation sites excluding steroid dienone is 4. The molecule has 3 aromatic carbocycles. The molecule has 1 aliphatic heterocycles. The van der Waals surface area contributed by atoms with E-state index in [2.05, 4.69) is 29.6 Å². The second kappa shape index (κ2) is 8.77. The Hall–Kier alpha value is -3.79. The van der Waals surface area contributed by atoms with E-state index in [1.165, 1.54) is 12.1 Å². The Labute approximate surface area is 204 Å². The Bertz CT molecular complexity index is 1270. The van der Waals surface area contributed by atoms with Crippen LogP contribution in [0, 0.1) is 5.82 Å². The van der Waals surface area contributed by atoms with Gasteiger partial charge in [0.05, 0.1) is 0 Å². The van der Waals surface area contributed by atoms with Crippen LogP contribution in [0.2, 0.25) is 0 Å². The number of hydrogen-bond donors (Lipinski definition) is 1. The quantitative estimate of drug-likeness (QED) is 0.495. The molecule has 0 fully saturated rings. The average molecular weight is 464 g/mol. The second-order valence-corrected chi connectivity index (χ2v) is 9.77. The van der Waals surface area contributed by atoms with Crippen LogP contribution in [0.4, 0.5) is 4.39 Å². The van der Waals surface area contributed by atoms with Crippen LogP contribution >= 0.6 is 0 Å². The highest BCUT2D eigenvalue weighted by Gasteiger charge is 2.43. The summed E-state index contributed by atoms with van der Waals surface area (Å²) in [5.41, 5.74) is 6.26. The predicted molar refractivity (Wildman–Crippen MR) is 133 cm³/mol. The third-order valence-corrected chi connectivity index (χ3v) is 7.64. The fourth-order valence-corrected chi connectivity index (χ4v) is 6.01. The minimum absolute atomic E-state index is 0.0615. The van der Waals surface area contributed by atoms with Gasteiger partial charge in [-0.25, -0.2) is 4.39 Å². The molecule has 2 atom stereocenters.